The van der Waals surface area contributed by atoms with Gasteiger partial charge in [-0.1, -0.05) is 19.1 Å². The molecule has 0 spiro atoms. The Balaban J connectivity index is 2.07. The van der Waals surface area contributed by atoms with E-state index in [0.29, 0.717) is 24.3 Å². The Kier molecular flexibility index (Phi) is 4.47. The van der Waals surface area contributed by atoms with E-state index in [0.717, 1.165) is 6.54 Å². The summed E-state index contributed by atoms with van der Waals surface area (Å²) in [6.07, 6.45) is 0. The Morgan fingerprint density at radius 3 is 2.75 bits per heavy atom. The molecule has 1 atom stereocenters. The van der Waals surface area contributed by atoms with Gasteiger partial charge in [-0.15, -0.1) is 0 Å². The molecule has 1 aliphatic heterocycles. The molecule has 0 bridgehead atoms. The highest BCUT2D eigenvalue weighted by Gasteiger charge is 2.39. The zero-order chi connectivity index (χ0) is 14.5. The van der Waals surface area contributed by atoms with Gasteiger partial charge in [-0.05, 0) is 18.7 Å². The lowest BCUT2D eigenvalue weighted by atomic mass is 9.91. The first-order valence-corrected chi connectivity index (χ1v) is 6.57. The largest absolute Gasteiger partial charge is 0.354 e. The summed E-state index contributed by atoms with van der Waals surface area (Å²) < 4.78 is 0. The van der Waals surface area contributed by atoms with Crippen LogP contribution in [-0.4, -0.2) is 37.2 Å². The first kappa shape index (κ1) is 14.2. The Labute approximate surface area is 116 Å². The van der Waals surface area contributed by atoms with Crippen molar-refractivity contribution >= 4 is 23.3 Å². The van der Waals surface area contributed by atoms with Gasteiger partial charge in [0.2, 0.25) is 11.8 Å². The summed E-state index contributed by atoms with van der Waals surface area (Å²) in [5.74, 6) is -2.88. The fourth-order valence-electron chi connectivity index (χ4n) is 2.08. The Morgan fingerprint density at radius 1 is 1.25 bits per heavy atom. The summed E-state index contributed by atoms with van der Waals surface area (Å²) in [7, 11) is 0. The summed E-state index contributed by atoms with van der Waals surface area (Å²) in [4.78, 5) is 36.1. The van der Waals surface area contributed by atoms with Crippen molar-refractivity contribution in [1.29, 1.82) is 0 Å². The number of ketones is 1. The van der Waals surface area contributed by atoms with Crippen molar-refractivity contribution in [3.8, 4) is 0 Å². The first-order chi connectivity index (χ1) is 9.65. The van der Waals surface area contributed by atoms with Gasteiger partial charge in [0.1, 0.15) is 0 Å². The number of nitrogens with one attached hydrogen (secondary N) is 3. The molecule has 106 valence electrons. The molecule has 20 heavy (non-hydrogen) atoms. The van der Waals surface area contributed by atoms with E-state index in [2.05, 4.69) is 16.0 Å². The number of benzene rings is 1. The number of fused-ring (bicyclic) bond motifs is 1. The molecule has 0 aromatic heterocycles. The summed E-state index contributed by atoms with van der Waals surface area (Å²) in [6.45, 7) is 3.73. The second kappa shape index (κ2) is 6.29. The van der Waals surface area contributed by atoms with Gasteiger partial charge in [0.25, 0.3) is 0 Å². The van der Waals surface area contributed by atoms with E-state index in [1.807, 2.05) is 6.92 Å². The maximum absolute atomic E-state index is 12.2. The van der Waals surface area contributed by atoms with Crippen LogP contribution in [0.2, 0.25) is 0 Å². The molecule has 1 heterocycles. The minimum absolute atomic E-state index is 0.374. The maximum Gasteiger partial charge on any atom is 0.244 e. The summed E-state index contributed by atoms with van der Waals surface area (Å²) in [5.41, 5.74) is 0.832. The van der Waals surface area contributed by atoms with Gasteiger partial charge in [-0.3, -0.25) is 14.4 Å². The molecule has 3 N–H and O–H groups in total. The van der Waals surface area contributed by atoms with Gasteiger partial charge in [-0.2, -0.15) is 0 Å². The van der Waals surface area contributed by atoms with Crippen LogP contribution in [0, 0.1) is 5.92 Å². The number of rotatable bonds is 5. The van der Waals surface area contributed by atoms with Crippen molar-refractivity contribution in [2.24, 2.45) is 5.92 Å². The lowest BCUT2D eigenvalue weighted by molar-refractivity contribution is -0.130. The molecule has 2 rings (SSSR count). The number of Topliss-reactive ketones (excluding diaryl/α,β-unsaturated/α-hetero) is 1. The molecule has 6 nitrogen and oxygen atoms in total. The standard InChI is InChI=1S/C14H17N3O3/c1-2-15-7-8-16-13(19)11-12(18)9-5-3-4-6-10(9)17-14(11)20/h3-6,11,15H,2,7-8H2,1H3,(H,16,19)(H,17,20). The Morgan fingerprint density at radius 2 is 2.00 bits per heavy atom. The quantitative estimate of drug-likeness (QED) is 0.528. The van der Waals surface area contributed by atoms with Crippen molar-refractivity contribution in [2.75, 3.05) is 25.0 Å². The van der Waals surface area contributed by atoms with E-state index in [1.165, 1.54) is 0 Å². The molecular weight excluding hydrogens is 258 g/mol. The van der Waals surface area contributed by atoms with Gasteiger partial charge < -0.3 is 16.0 Å². The number of likely N-dealkylation sites (N-methyl/N-ethyl adjacent to an activating group) is 1. The van der Waals surface area contributed by atoms with Crippen LogP contribution in [-0.2, 0) is 9.59 Å². The molecule has 1 unspecified atom stereocenters. The van der Waals surface area contributed by atoms with Crippen LogP contribution in [0.5, 0.6) is 0 Å². The van der Waals surface area contributed by atoms with Gasteiger partial charge >= 0.3 is 0 Å². The number of para-hydroxylation sites is 1. The monoisotopic (exact) mass is 275 g/mol. The van der Waals surface area contributed by atoms with Crippen LogP contribution >= 0.6 is 0 Å². The average Bonchev–Trinajstić information content (AvgIpc) is 2.43. The molecule has 1 aliphatic rings. The molecule has 0 saturated carbocycles. The van der Waals surface area contributed by atoms with E-state index in [9.17, 15) is 14.4 Å². The van der Waals surface area contributed by atoms with E-state index in [4.69, 9.17) is 0 Å². The fraction of sp³-hybridized carbons (Fsp3) is 0.357. The fourth-order valence-corrected chi connectivity index (χ4v) is 2.08. The molecule has 2 amide bonds. The number of hydrogen-bond acceptors (Lipinski definition) is 4. The number of carbonyl (C=O) groups is 3. The second-order valence-electron chi connectivity index (χ2n) is 4.48. The molecule has 1 aromatic rings. The molecular formula is C14H17N3O3. The van der Waals surface area contributed by atoms with Crippen LogP contribution in [0.3, 0.4) is 0 Å². The zero-order valence-electron chi connectivity index (χ0n) is 11.2. The SMILES string of the molecule is CCNCCNC(=O)C1C(=O)Nc2ccccc2C1=O. The van der Waals surface area contributed by atoms with Crippen LogP contribution in [0.1, 0.15) is 17.3 Å². The minimum Gasteiger partial charge on any atom is -0.354 e. The Hall–Kier alpha value is -2.21. The molecule has 1 aromatic carbocycles. The van der Waals surface area contributed by atoms with Crippen LogP contribution in [0.15, 0.2) is 24.3 Å². The third-order valence-corrected chi connectivity index (χ3v) is 3.09. The molecule has 0 aliphatic carbocycles. The molecule has 6 heteroatoms. The highest BCUT2D eigenvalue weighted by Crippen LogP contribution is 2.25. The number of anilines is 1. The van der Waals surface area contributed by atoms with Crippen LogP contribution in [0.25, 0.3) is 0 Å². The van der Waals surface area contributed by atoms with E-state index in [-0.39, 0.29) is 0 Å². The zero-order valence-corrected chi connectivity index (χ0v) is 11.2. The van der Waals surface area contributed by atoms with Gasteiger partial charge in [-0.25, -0.2) is 0 Å². The molecule has 0 radical (unpaired) electrons. The predicted octanol–water partition coefficient (Wildman–Crippen LogP) is 0.163. The predicted molar refractivity (Wildman–Crippen MR) is 74.4 cm³/mol. The van der Waals surface area contributed by atoms with E-state index in [1.54, 1.807) is 24.3 Å². The number of carbonyl (C=O) groups excluding carboxylic acids is 3. The van der Waals surface area contributed by atoms with Crippen molar-refractivity contribution in [3.63, 3.8) is 0 Å². The average molecular weight is 275 g/mol. The second-order valence-corrected chi connectivity index (χ2v) is 4.48. The normalized spacial score (nSPS) is 17.4. The van der Waals surface area contributed by atoms with Crippen molar-refractivity contribution in [3.05, 3.63) is 29.8 Å². The highest BCUT2D eigenvalue weighted by molar-refractivity contribution is 6.30. The van der Waals surface area contributed by atoms with Crippen LogP contribution in [0.4, 0.5) is 5.69 Å². The first-order valence-electron chi connectivity index (χ1n) is 6.57. The molecule has 0 fully saturated rings. The van der Waals surface area contributed by atoms with E-state index >= 15 is 0 Å². The van der Waals surface area contributed by atoms with Crippen molar-refractivity contribution < 1.29 is 14.4 Å². The van der Waals surface area contributed by atoms with E-state index < -0.39 is 23.5 Å². The topological polar surface area (TPSA) is 87.3 Å². The molecule has 0 saturated heterocycles. The van der Waals surface area contributed by atoms with Crippen molar-refractivity contribution in [2.45, 2.75) is 6.92 Å². The number of hydrogen-bond donors (Lipinski definition) is 3. The maximum atomic E-state index is 12.2. The lowest BCUT2D eigenvalue weighted by Gasteiger charge is -2.22. The summed E-state index contributed by atoms with van der Waals surface area (Å²) in [6, 6.07) is 6.68. The van der Waals surface area contributed by atoms with Gasteiger partial charge in [0.15, 0.2) is 11.7 Å². The summed E-state index contributed by atoms with van der Waals surface area (Å²) >= 11 is 0. The van der Waals surface area contributed by atoms with Gasteiger partial charge in [0, 0.05) is 18.7 Å². The van der Waals surface area contributed by atoms with Gasteiger partial charge in [0.05, 0.1) is 5.69 Å². The third kappa shape index (κ3) is 2.85. The van der Waals surface area contributed by atoms with Crippen molar-refractivity contribution in [1.82, 2.24) is 10.6 Å². The third-order valence-electron chi connectivity index (χ3n) is 3.09. The lowest BCUT2D eigenvalue weighted by Crippen LogP contribution is -2.47. The summed E-state index contributed by atoms with van der Waals surface area (Å²) in [5, 5.41) is 8.23. The highest BCUT2D eigenvalue weighted by atomic mass is 16.2. The smallest absolute Gasteiger partial charge is 0.244 e. The number of amides is 2. The Bertz CT molecular complexity index is 542. The van der Waals surface area contributed by atoms with Crippen LogP contribution < -0.4 is 16.0 Å². The minimum atomic E-state index is -1.30.